The van der Waals surface area contributed by atoms with Crippen molar-refractivity contribution in [1.82, 2.24) is 4.72 Å². The Balaban J connectivity index is 2.14. The summed E-state index contributed by atoms with van der Waals surface area (Å²) >= 11 is 0. The van der Waals surface area contributed by atoms with Crippen molar-refractivity contribution in [2.75, 3.05) is 11.5 Å². The molecule has 5 nitrogen and oxygen atoms in total. The van der Waals surface area contributed by atoms with Gasteiger partial charge in [-0.3, -0.25) is 4.21 Å². The van der Waals surface area contributed by atoms with Crippen molar-refractivity contribution in [2.24, 2.45) is 5.73 Å². The monoisotopic (exact) mass is 330 g/mol. The summed E-state index contributed by atoms with van der Waals surface area (Å²) in [5.74, 6) is 1.13. The second-order valence-electron chi connectivity index (χ2n) is 5.33. The van der Waals surface area contributed by atoms with Gasteiger partial charge < -0.3 is 5.73 Å². The Bertz CT molecular complexity index is 606. The van der Waals surface area contributed by atoms with Crippen LogP contribution in [0.25, 0.3) is 0 Å². The molecular formula is C14H22N2O3S2. The van der Waals surface area contributed by atoms with Crippen molar-refractivity contribution in [2.45, 2.75) is 43.2 Å². The smallest absolute Gasteiger partial charge is 0.240 e. The molecule has 1 atom stereocenters. The molecule has 1 aromatic rings. The number of hydrogen-bond acceptors (Lipinski definition) is 4. The van der Waals surface area contributed by atoms with Gasteiger partial charge in [-0.25, -0.2) is 13.1 Å². The first-order valence-corrected chi connectivity index (χ1v) is 10.1. The second kappa shape index (κ2) is 7.00. The lowest BCUT2D eigenvalue weighted by atomic mass is 10.1. The van der Waals surface area contributed by atoms with E-state index in [9.17, 15) is 12.6 Å². The molecule has 118 valence electrons. The maximum Gasteiger partial charge on any atom is 0.240 e. The highest BCUT2D eigenvalue weighted by Gasteiger charge is 2.24. The van der Waals surface area contributed by atoms with E-state index in [1.807, 2.05) is 13.0 Å². The number of benzene rings is 1. The maximum absolute atomic E-state index is 12.4. The standard InChI is InChI=1S/C14H22N2O3S2/c1-2-14(15)11-4-3-5-13(10-11)21(18,19)16-12-6-8-20(17)9-7-12/h3-5,10,12,14,16H,2,6-9,15H2,1H3. The average Bonchev–Trinajstić information content (AvgIpc) is 2.49. The van der Waals surface area contributed by atoms with Crippen molar-refractivity contribution >= 4 is 20.8 Å². The molecule has 1 aromatic carbocycles. The topological polar surface area (TPSA) is 89.3 Å². The van der Waals surface area contributed by atoms with E-state index < -0.39 is 20.8 Å². The van der Waals surface area contributed by atoms with Gasteiger partial charge in [-0.15, -0.1) is 0 Å². The quantitative estimate of drug-likeness (QED) is 0.851. The van der Waals surface area contributed by atoms with Gasteiger partial charge in [-0.2, -0.15) is 0 Å². The minimum Gasteiger partial charge on any atom is -0.324 e. The summed E-state index contributed by atoms with van der Waals surface area (Å²) in [6.07, 6.45) is 2.01. The normalized spacial score (nSPS) is 24.7. The molecule has 1 heterocycles. The molecule has 1 saturated heterocycles. The average molecular weight is 330 g/mol. The van der Waals surface area contributed by atoms with Gasteiger partial charge in [-0.1, -0.05) is 19.1 Å². The Morgan fingerprint density at radius 2 is 2.05 bits per heavy atom. The van der Waals surface area contributed by atoms with Gasteiger partial charge in [0.05, 0.1) is 4.90 Å². The molecule has 0 spiro atoms. The molecule has 2 rings (SSSR count). The first kappa shape index (κ1) is 16.6. The maximum atomic E-state index is 12.4. The first-order chi connectivity index (χ1) is 9.92. The Hall–Kier alpha value is -0.760. The summed E-state index contributed by atoms with van der Waals surface area (Å²) in [6, 6.07) is 6.49. The second-order valence-corrected chi connectivity index (χ2v) is 8.74. The molecule has 3 N–H and O–H groups in total. The van der Waals surface area contributed by atoms with E-state index in [0.717, 1.165) is 12.0 Å². The Morgan fingerprint density at radius 3 is 2.67 bits per heavy atom. The van der Waals surface area contributed by atoms with Crippen LogP contribution in [0, 0.1) is 0 Å². The van der Waals surface area contributed by atoms with E-state index in [1.54, 1.807) is 18.2 Å². The summed E-state index contributed by atoms with van der Waals surface area (Å²) < 4.78 is 38.9. The SMILES string of the molecule is CCC(N)c1cccc(S(=O)(=O)NC2CCS(=O)CC2)c1. The zero-order chi connectivity index (χ0) is 15.5. The number of rotatable bonds is 5. The summed E-state index contributed by atoms with van der Waals surface area (Å²) in [4.78, 5) is 0.246. The highest BCUT2D eigenvalue weighted by Crippen LogP contribution is 2.19. The lowest BCUT2D eigenvalue weighted by molar-refractivity contribution is 0.521. The molecule has 0 aliphatic carbocycles. The molecule has 0 aromatic heterocycles. The van der Waals surface area contributed by atoms with Crippen LogP contribution < -0.4 is 10.5 Å². The number of nitrogens with one attached hydrogen (secondary N) is 1. The third kappa shape index (κ3) is 4.35. The molecule has 0 saturated carbocycles. The van der Waals surface area contributed by atoms with E-state index in [-0.39, 0.29) is 17.0 Å². The van der Waals surface area contributed by atoms with E-state index in [1.165, 1.54) is 0 Å². The van der Waals surface area contributed by atoms with Crippen LogP contribution in [0.15, 0.2) is 29.2 Å². The van der Waals surface area contributed by atoms with Crippen molar-refractivity contribution in [3.8, 4) is 0 Å². The van der Waals surface area contributed by atoms with Crippen LogP contribution >= 0.6 is 0 Å². The summed E-state index contributed by atoms with van der Waals surface area (Å²) in [5.41, 5.74) is 6.78. The molecule has 0 bridgehead atoms. The van der Waals surface area contributed by atoms with Gasteiger partial charge in [0, 0.05) is 34.4 Å². The highest BCUT2D eigenvalue weighted by atomic mass is 32.2. The van der Waals surface area contributed by atoms with Gasteiger partial charge in [0.25, 0.3) is 0 Å². The summed E-state index contributed by atoms with van der Waals surface area (Å²) in [7, 11) is -4.34. The summed E-state index contributed by atoms with van der Waals surface area (Å²) in [5, 5.41) is 0. The minimum atomic E-state index is -3.55. The molecule has 1 aliphatic rings. The van der Waals surface area contributed by atoms with Crippen LogP contribution in [0.5, 0.6) is 0 Å². The third-order valence-corrected chi connectivity index (χ3v) is 6.65. The molecule has 0 radical (unpaired) electrons. The fourth-order valence-electron chi connectivity index (χ4n) is 2.35. The molecule has 0 amide bonds. The molecule has 21 heavy (non-hydrogen) atoms. The van der Waals surface area contributed by atoms with Crippen molar-refractivity contribution in [3.63, 3.8) is 0 Å². The van der Waals surface area contributed by atoms with Crippen LogP contribution in [-0.4, -0.2) is 30.2 Å². The molecule has 1 aliphatic heterocycles. The van der Waals surface area contributed by atoms with Crippen LogP contribution in [-0.2, 0) is 20.8 Å². The largest absolute Gasteiger partial charge is 0.324 e. The van der Waals surface area contributed by atoms with E-state index in [2.05, 4.69) is 4.72 Å². The fourth-order valence-corrected chi connectivity index (χ4v) is 5.01. The van der Waals surface area contributed by atoms with Crippen LogP contribution in [0.1, 0.15) is 37.8 Å². The van der Waals surface area contributed by atoms with E-state index in [4.69, 9.17) is 5.73 Å². The Morgan fingerprint density at radius 1 is 1.38 bits per heavy atom. The predicted octanol–water partition coefficient (Wildman–Crippen LogP) is 1.29. The lowest BCUT2D eigenvalue weighted by Crippen LogP contribution is -2.39. The van der Waals surface area contributed by atoms with Crippen LogP contribution in [0.2, 0.25) is 0 Å². The molecule has 1 unspecified atom stereocenters. The minimum absolute atomic E-state index is 0.129. The molecule has 7 heteroatoms. The van der Waals surface area contributed by atoms with Gasteiger partial charge >= 0.3 is 0 Å². The highest BCUT2D eigenvalue weighted by molar-refractivity contribution is 7.89. The van der Waals surface area contributed by atoms with Gasteiger partial charge in [-0.05, 0) is 37.0 Å². The number of nitrogens with two attached hydrogens (primary N) is 1. The Labute approximate surface area is 128 Å². The van der Waals surface area contributed by atoms with Crippen LogP contribution in [0.3, 0.4) is 0 Å². The van der Waals surface area contributed by atoms with Crippen molar-refractivity contribution in [1.29, 1.82) is 0 Å². The molecule has 1 fully saturated rings. The number of sulfonamides is 1. The first-order valence-electron chi connectivity index (χ1n) is 7.15. The van der Waals surface area contributed by atoms with Crippen molar-refractivity contribution in [3.05, 3.63) is 29.8 Å². The van der Waals surface area contributed by atoms with Gasteiger partial charge in [0.15, 0.2) is 0 Å². The fraction of sp³-hybridized carbons (Fsp3) is 0.571. The zero-order valence-corrected chi connectivity index (χ0v) is 13.8. The van der Waals surface area contributed by atoms with E-state index >= 15 is 0 Å². The van der Waals surface area contributed by atoms with Gasteiger partial charge in [0.1, 0.15) is 0 Å². The van der Waals surface area contributed by atoms with Gasteiger partial charge in [0.2, 0.25) is 10.0 Å². The predicted molar refractivity (Wildman–Crippen MR) is 84.9 cm³/mol. The third-order valence-electron chi connectivity index (χ3n) is 3.75. The Kier molecular flexibility index (Phi) is 5.54. The lowest BCUT2D eigenvalue weighted by Gasteiger charge is -2.22. The molecular weight excluding hydrogens is 308 g/mol. The van der Waals surface area contributed by atoms with Crippen molar-refractivity contribution < 1.29 is 12.6 Å². The number of hydrogen-bond donors (Lipinski definition) is 2. The summed E-state index contributed by atoms with van der Waals surface area (Å²) in [6.45, 7) is 1.96. The van der Waals surface area contributed by atoms with E-state index in [0.29, 0.717) is 24.3 Å². The zero-order valence-electron chi connectivity index (χ0n) is 12.1. The van der Waals surface area contributed by atoms with Crippen LogP contribution in [0.4, 0.5) is 0 Å².